The number of aliphatic hydroxyl groups excluding tert-OH is 1. The average Bonchev–Trinajstić information content (AvgIpc) is 3.21. The van der Waals surface area contributed by atoms with Crippen LogP contribution in [0.5, 0.6) is 0 Å². The normalized spacial score (nSPS) is 26.4. The fraction of sp³-hybridized carbons (Fsp3) is 0.500. The highest BCUT2D eigenvalue weighted by molar-refractivity contribution is 5.71. The number of nitrogens with zero attached hydrogens (tertiary/aromatic N) is 4. The first-order valence-corrected chi connectivity index (χ1v) is 8.91. The highest BCUT2D eigenvalue weighted by Crippen LogP contribution is 2.41. The molecule has 3 N–H and O–H groups in total. The van der Waals surface area contributed by atoms with Crippen LogP contribution in [0.4, 0.5) is 5.82 Å². The number of carbonyl (C=O) groups is 2. The van der Waals surface area contributed by atoms with Crippen LogP contribution in [-0.2, 0) is 29.4 Å². The van der Waals surface area contributed by atoms with E-state index in [0.29, 0.717) is 5.52 Å². The number of hydrogen-bond acceptors (Lipinski definition) is 10. The SMILES string of the molecule is CC(=O)O[C@H]1[C@@H](O)[C@](C#N)(c2ccc3c(N)ncnn23)O[C@@H]1COC(=O)C(C)C. The van der Waals surface area contributed by atoms with Crippen molar-refractivity contribution >= 4 is 23.3 Å². The average molecular weight is 403 g/mol. The fourth-order valence-electron chi connectivity index (χ4n) is 3.20. The molecule has 0 aliphatic carbocycles. The van der Waals surface area contributed by atoms with Crippen LogP contribution in [0.3, 0.4) is 0 Å². The number of esters is 2. The molecule has 2 aromatic rings. The van der Waals surface area contributed by atoms with Crippen molar-refractivity contribution < 1.29 is 28.9 Å². The van der Waals surface area contributed by atoms with E-state index in [9.17, 15) is 20.0 Å². The van der Waals surface area contributed by atoms with E-state index in [1.54, 1.807) is 19.9 Å². The molecular formula is C18H21N5O6. The van der Waals surface area contributed by atoms with Gasteiger partial charge in [-0.3, -0.25) is 9.59 Å². The smallest absolute Gasteiger partial charge is 0.308 e. The lowest BCUT2D eigenvalue weighted by Gasteiger charge is -2.24. The van der Waals surface area contributed by atoms with Crippen molar-refractivity contribution in [1.82, 2.24) is 14.6 Å². The van der Waals surface area contributed by atoms with Crippen molar-refractivity contribution in [1.29, 1.82) is 5.26 Å². The minimum absolute atomic E-state index is 0.172. The second kappa shape index (κ2) is 7.65. The Kier molecular flexibility index (Phi) is 5.41. The highest BCUT2D eigenvalue weighted by atomic mass is 16.6. The van der Waals surface area contributed by atoms with Gasteiger partial charge in [-0.1, -0.05) is 13.8 Å². The molecule has 3 rings (SSSR count). The maximum absolute atomic E-state index is 11.8. The minimum Gasteiger partial charge on any atom is -0.463 e. The molecule has 4 atom stereocenters. The zero-order chi connectivity index (χ0) is 21.3. The Labute approximate surface area is 166 Å². The van der Waals surface area contributed by atoms with Gasteiger partial charge < -0.3 is 25.1 Å². The predicted octanol–water partition coefficient (Wildman–Crippen LogP) is -0.0790. The second-order valence-electron chi connectivity index (χ2n) is 6.97. The number of fused-ring (bicyclic) bond motifs is 1. The Hall–Kier alpha value is -3.23. The van der Waals surface area contributed by atoms with E-state index in [1.165, 1.54) is 16.9 Å². The standard InChI is InChI=1S/C18H21N5O6/c1-9(2)17(26)27-6-12-14(28-10(3)24)15(25)18(7-19,29-12)13-5-4-11-16(20)21-8-22-23(11)13/h4-5,8-9,12,14-15,25H,6H2,1-3H3,(H2,20,21,22)/t12-,14-,15-,18+/m1/s1. The molecule has 1 fully saturated rings. The lowest BCUT2D eigenvalue weighted by Crippen LogP contribution is -2.43. The predicted molar refractivity (Wildman–Crippen MR) is 96.9 cm³/mol. The number of aromatic nitrogens is 3. The van der Waals surface area contributed by atoms with Crippen molar-refractivity contribution in [2.75, 3.05) is 12.3 Å². The molecule has 0 aromatic carbocycles. The Bertz CT molecular complexity index is 983. The maximum Gasteiger partial charge on any atom is 0.308 e. The van der Waals surface area contributed by atoms with Crippen LogP contribution in [-0.4, -0.2) is 56.6 Å². The topological polar surface area (TPSA) is 162 Å². The molecule has 0 radical (unpaired) electrons. The number of carbonyl (C=O) groups excluding carboxylic acids is 2. The van der Waals surface area contributed by atoms with E-state index in [2.05, 4.69) is 10.1 Å². The summed E-state index contributed by atoms with van der Waals surface area (Å²) in [6, 6.07) is 5.05. The number of aliphatic hydroxyl groups is 1. The summed E-state index contributed by atoms with van der Waals surface area (Å²) in [5.41, 5.74) is 4.47. The number of nitrogen functional groups attached to an aromatic ring is 1. The van der Waals surface area contributed by atoms with Crippen molar-refractivity contribution in [2.24, 2.45) is 5.92 Å². The third-order valence-electron chi connectivity index (χ3n) is 4.62. The Morgan fingerprint density at radius 3 is 2.83 bits per heavy atom. The van der Waals surface area contributed by atoms with Gasteiger partial charge in [-0.2, -0.15) is 10.4 Å². The zero-order valence-corrected chi connectivity index (χ0v) is 16.1. The van der Waals surface area contributed by atoms with Crippen molar-refractivity contribution in [3.05, 3.63) is 24.2 Å². The molecule has 0 saturated carbocycles. The molecule has 3 heterocycles. The molecule has 1 aliphatic rings. The van der Waals surface area contributed by atoms with Crippen molar-refractivity contribution in [2.45, 2.75) is 44.7 Å². The van der Waals surface area contributed by atoms with Gasteiger partial charge in [-0.05, 0) is 12.1 Å². The van der Waals surface area contributed by atoms with E-state index in [4.69, 9.17) is 19.9 Å². The molecule has 0 amide bonds. The number of nitriles is 1. The number of rotatable bonds is 5. The van der Waals surface area contributed by atoms with Crippen LogP contribution in [0.25, 0.3) is 5.52 Å². The van der Waals surface area contributed by atoms with Crippen LogP contribution in [0.15, 0.2) is 18.5 Å². The zero-order valence-electron chi connectivity index (χ0n) is 16.1. The summed E-state index contributed by atoms with van der Waals surface area (Å²) in [6.07, 6.45) is -2.68. The van der Waals surface area contributed by atoms with Gasteiger partial charge in [0.15, 0.2) is 11.9 Å². The van der Waals surface area contributed by atoms with Crippen LogP contribution < -0.4 is 5.73 Å². The first kappa shape index (κ1) is 20.5. The minimum atomic E-state index is -1.94. The summed E-state index contributed by atoms with van der Waals surface area (Å²) in [6.45, 7) is 4.17. The molecule has 11 heteroatoms. The number of anilines is 1. The summed E-state index contributed by atoms with van der Waals surface area (Å²) in [5.74, 6) is -1.39. The molecule has 11 nitrogen and oxygen atoms in total. The summed E-state index contributed by atoms with van der Waals surface area (Å²) in [7, 11) is 0. The molecular weight excluding hydrogens is 382 g/mol. The Morgan fingerprint density at radius 2 is 2.21 bits per heavy atom. The van der Waals surface area contributed by atoms with E-state index in [1.807, 2.05) is 6.07 Å². The monoisotopic (exact) mass is 403 g/mol. The number of hydrogen-bond donors (Lipinski definition) is 2. The highest BCUT2D eigenvalue weighted by Gasteiger charge is 2.59. The van der Waals surface area contributed by atoms with Crippen LogP contribution in [0.2, 0.25) is 0 Å². The van der Waals surface area contributed by atoms with Gasteiger partial charge in [0, 0.05) is 6.92 Å². The summed E-state index contributed by atoms with van der Waals surface area (Å²) < 4.78 is 17.6. The van der Waals surface area contributed by atoms with Gasteiger partial charge in [-0.25, -0.2) is 9.50 Å². The van der Waals surface area contributed by atoms with Crippen LogP contribution in [0, 0.1) is 17.2 Å². The maximum atomic E-state index is 11.8. The van der Waals surface area contributed by atoms with Crippen LogP contribution in [0.1, 0.15) is 26.5 Å². The first-order valence-electron chi connectivity index (χ1n) is 8.91. The van der Waals surface area contributed by atoms with E-state index < -0.39 is 35.9 Å². The van der Waals surface area contributed by atoms with Gasteiger partial charge >= 0.3 is 11.9 Å². The summed E-state index contributed by atoms with van der Waals surface area (Å²) in [4.78, 5) is 27.3. The molecule has 0 unspecified atom stereocenters. The Balaban J connectivity index is 2.01. The van der Waals surface area contributed by atoms with Gasteiger partial charge in [0.05, 0.1) is 11.6 Å². The molecule has 0 bridgehead atoms. The molecule has 29 heavy (non-hydrogen) atoms. The fourth-order valence-corrected chi connectivity index (χ4v) is 3.20. The summed E-state index contributed by atoms with van der Waals surface area (Å²) >= 11 is 0. The Morgan fingerprint density at radius 1 is 1.48 bits per heavy atom. The molecule has 154 valence electrons. The lowest BCUT2D eigenvalue weighted by atomic mass is 9.92. The largest absolute Gasteiger partial charge is 0.463 e. The number of nitrogens with two attached hydrogens (primary N) is 1. The molecule has 1 aliphatic heterocycles. The lowest BCUT2D eigenvalue weighted by molar-refractivity contribution is -0.160. The van der Waals surface area contributed by atoms with E-state index in [-0.39, 0.29) is 24.0 Å². The second-order valence-corrected chi connectivity index (χ2v) is 6.97. The molecule has 2 aromatic heterocycles. The van der Waals surface area contributed by atoms with E-state index >= 15 is 0 Å². The third kappa shape index (κ3) is 3.48. The third-order valence-corrected chi connectivity index (χ3v) is 4.62. The molecule has 1 saturated heterocycles. The van der Waals surface area contributed by atoms with Gasteiger partial charge in [0.1, 0.15) is 36.7 Å². The van der Waals surface area contributed by atoms with Gasteiger partial charge in [0.25, 0.3) is 0 Å². The van der Waals surface area contributed by atoms with Gasteiger partial charge in [-0.15, -0.1) is 0 Å². The van der Waals surface area contributed by atoms with Crippen molar-refractivity contribution in [3.8, 4) is 6.07 Å². The van der Waals surface area contributed by atoms with E-state index in [0.717, 1.165) is 6.92 Å². The van der Waals surface area contributed by atoms with Crippen molar-refractivity contribution in [3.63, 3.8) is 0 Å². The number of ether oxygens (including phenoxy) is 3. The van der Waals surface area contributed by atoms with Gasteiger partial charge in [0.2, 0.25) is 5.60 Å². The van der Waals surface area contributed by atoms with Crippen LogP contribution >= 0.6 is 0 Å². The first-order chi connectivity index (χ1) is 13.7. The summed E-state index contributed by atoms with van der Waals surface area (Å²) in [5, 5.41) is 25.0. The quantitative estimate of drug-likeness (QED) is 0.646. The molecule has 0 spiro atoms.